The van der Waals surface area contributed by atoms with E-state index in [0.717, 1.165) is 57.4 Å². The Morgan fingerprint density at radius 2 is 1.76 bits per heavy atom. The minimum Gasteiger partial charge on any atom is -0.394 e. The predicted octanol–water partition coefficient (Wildman–Crippen LogP) is 5.15. The maximum Gasteiger partial charge on any atom is 0.247 e. The van der Waals surface area contributed by atoms with Crippen LogP contribution in [0.5, 0.6) is 0 Å². The van der Waals surface area contributed by atoms with Gasteiger partial charge < -0.3 is 30.1 Å². The van der Waals surface area contributed by atoms with E-state index in [4.69, 9.17) is 0 Å². The van der Waals surface area contributed by atoms with Crippen molar-refractivity contribution in [2.75, 3.05) is 51.4 Å². The van der Waals surface area contributed by atoms with Gasteiger partial charge in [-0.15, -0.1) is 0 Å². The van der Waals surface area contributed by atoms with Gasteiger partial charge in [-0.3, -0.25) is 19.3 Å². The number of hydrogen-bond acceptors (Lipinski definition) is 7. The van der Waals surface area contributed by atoms with E-state index in [2.05, 4.69) is 86.6 Å². The van der Waals surface area contributed by atoms with Gasteiger partial charge in [-0.05, 0) is 105 Å². The van der Waals surface area contributed by atoms with E-state index in [1.807, 2.05) is 25.1 Å². The number of aliphatic hydroxyl groups excluding tert-OH is 1. The Labute approximate surface area is 323 Å². The van der Waals surface area contributed by atoms with Crippen molar-refractivity contribution < 1.29 is 23.9 Å². The Morgan fingerprint density at radius 1 is 1.02 bits per heavy atom. The lowest BCUT2D eigenvalue weighted by Gasteiger charge is -2.43. The van der Waals surface area contributed by atoms with Gasteiger partial charge in [0.15, 0.2) is 5.78 Å². The van der Waals surface area contributed by atoms with Crippen LogP contribution in [0.25, 0.3) is 16.5 Å². The van der Waals surface area contributed by atoms with E-state index < -0.39 is 5.54 Å². The number of likely N-dealkylation sites (N-methyl/N-ethyl adjacent to an activating group) is 1. The maximum absolute atomic E-state index is 13.0. The van der Waals surface area contributed by atoms with Crippen LogP contribution in [-0.4, -0.2) is 101 Å². The lowest BCUT2D eigenvalue weighted by atomic mass is 9.80. The summed E-state index contributed by atoms with van der Waals surface area (Å²) in [5.74, 6) is -0.345. The lowest BCUT2D eigenvalue weighted by molar-refractivity contribution is -0.126. The molecule has 1 aromatic heterocycles. The highest BCUT2D eigenvalue weighted by Gasteiger charge is 2.50. The van der Waals surface area contributed by atoms with Crippen LogP contribution in [0.1, 0.15) is 60.5 Å². The summed E-state index contributed by atoms with van der Waals surface area (Å²) in [4.78, 5) is 44.5. The first-order chi connectivity index (χ1) is 26.6. The molecule has 2 saturated heterocycles. The van der Waals surface area contributed by atoms with E-state index in [1.165, 1.54) is 39.7 Å². The number of carbonyl (C=O) groups excluding carboxylic acids is 3. The first kappa shape index (κ1) is 38.4. The first-order valence-electron chi connectivity index (χ1n) is 19.6. The largest absolute Gasteiger partial charge is 0.394 e. The second-order valence-corrected chi connectivity index (χ2v) is 15.5. The third kappa shape index (κ3) is 7.83. The molecule has 3 atom stereocenters. The molecule has 0 unspecified atom stereocenters. The van der Waals surface area contributed by atoms with Crippen LogP contribution in [0.3, 0.4) is 0 Å². The summed E-state index contributed by atoms with van der Waals surface area (Å²) < 4.78 is 15.2. The summed E-state index contributed by atoms with van der Waals surface area (Å²) in [6, 6.07) is 22.4. The maximum atomic E-state index is 13.0. The van der Waals surface area contributed by atoms with Crippen molar-refractivity contribution in [2.24, 2.45) is 13.0 Å². The van der Waals surface area contributed by atoms with E-state index in [9.17, 15) is 23.9 Å². The monoisotopic (exact) mass is 748 g/mol. The highest BCUT2D eigenvalue weighted by molar-refractivity contribution is 6.00. The number of likely N-dealkylation sites (tertiary alicyclic amines) is 1. The summed E-state index contributed by atoms with van der Waals surface area (Å²) in [7, 11) is 4.20. The van der Waals surface area contributed by atoms with E-state index in [1.54, 1.807) is 12.1 Å². The Bertz CT molecular complexity index is 2030. The van der Waals surface area contributed by atoms with Crippen molar-refractivity contribution in [2.45, 2.75) is 63.1 Å². The van der Waals surface area contributed by atoms with Gasteiger partial charge in [0, 0.05) is 67.5 Å². The van der Waals surface area contributed by atoms with Crippen LogP contribution in [0, 0.1) is 11.7 Å². The second-order valence-electron chi connectivity index (χ2n) is 15.5. The summed E-state index contributed by atoms with van der Waals surface area (Å²) in [5, 5.41) is 16.7. The van der Waals surface area contributed by atoms with Crippen LogP contribution in [0.15, 0.2) is 85.1 Å². The number of nitrogens with zero attached hydrogens (tertiary/aromatic N) is 4. The van der Waals surface area contributed by atoms with Crippen LogP contribution >= 0.6 is 0 Å². The van der Waals surface area contributed by atoms with Crippen LogP contribution in [0.4, 0.5) is 10.1 Å². The van der Waals surface area contributed by atoms with E-state index in [-0.39, 0.29) is 42.0 Å². The molecule has 1 aliphatic carbocycles. The van der Waals surface area contributed by atoms with Crippen molar-refractivity contribution in [3.05, 3.63) is 108 Å². The molecule has 4 aliphatic rings. The molecule has 4 aromatic rings. The van der Waals surface area contributed by atoms with Crippen molar-refractivity contribution in [3.8, 4) is 0 Å². The first-order valence-corrected chi connectivity index (χ1v) is 19.6. The molecule has 8 rings (SSSR count). The standard InChI is InChI=1S/C23H26FN3O2.C21H27N3O2/c24-19-10-8-18(9-11-19)21(28)7-4-14-26-15-12-23(13-16-26)22(29)25-17-27(23)20-5-2-1-3-6-20;1-4-15(12-25)22-21(26)14-8-17-16-6-5-7-18-20(16)13(10-23(18)2)9-19(17)24(3)11-14/h1-3,5-6,8-11H,4,7,12-17H2,(H,25,29);5-8,10,14-15,19,25H,4,9,11-12H2,1-3H3,(H,22,26)/t;14-,15+,19-/m.1/s1. The third-order valence-corrected chi connectivity index (χ3v) is 12.1. The predicted molar refractivity (Wildman–Crippen MR) is 214 cm³/mol. The molecule has 3 aromatic carbocycles. The summed E-state index contributed by atoms with van der Waals surface area (Å²) in [6.45, 7) is 5.71. The van der Waals surface area contributed by atoms with Gasteiger partial charge in [0.1, 0.15) is 11.4 Å². The number of amides is 2. The zero-order chi connectivity index (χ0) is 38.7. The van der Waals surface area contributed by atoms with Crippen molar-refractivity contribution in [1.29, 1.82) is 0 Å². The van der Waals surface area contributed by atoms with Gasteiger partial charge in [-0.25, -0.2) is 4.39 Å². The van der Waals surface area contributed by atoms with Crippen LogP contribution < -0.4 is 15.5 Å². The zero-order valence-corrected chi connectivity index (χ0v) is 32.1. The van der Waals surface area contributed by atoms with Gasteiger partial charge in [-0.2, -0.15) is 0 Å². The average molecular weight is 749 g/mol. The average Bonchev–Trinajstić information content (AvgIpc) is 3.70. The molecule has 10 nitrogen and oxygen atoms in total. The van der Waals surface area contributed by atoms with E-state index in [0.29, 0.717) is 31.2 Å². The van der Waals surface area contributed by atoms with Gasteiger partial charge in [0.25, 0.3) is 0 Å². The number of piperidine rings is 1. The molecule has 0 radical (unpaired) electrons. The Hall–Kier alpha value is -4.84. The SMILES string of the molecule is CC[C@@H](CO)NC(=O)[C@@H]1C=C2c3cccc4c3c(cn4C)C[C@H]2N(C)C1.O=C(CCCN1CCC2(CC1)C(=O)NCN2c1ccccc1)c1ccc(F)cc1. The molecule has 4 heterocycles. The minimum atomic E-state index is -0.470. The molecule has 3 aliphatic heterocycles. The number of aryl methyl sites for hydroxylation is 1. The van der Waals surface area contributed by atoms with Crippen LogP contribution in [-0.2, 0) is 23.1 Å². The van der Waals surface area contributed by atoms with E-state index >= 15 is 0 Å². The fourth-order valence-electron chi connectivity index (χ4n) is 8.90. The number of Topliss-reactive ketones (excluding diaryl/α,β-unsaturated/α-hetero) is 1. The Morgan fingerprint density at radius 3 is 2.47 bits per heavy atom. The zero-order valence-electron chi connectivity index (χ0n) is 32.1. The molecule has 2 amide bonds. The number of halogens is 1. The van der Waals surface area contributed by atoms with Gasteiger partial charge in [0.05, 0.1) is 25.2 Å². The number of ketones is 1. The van der Waals surface area contributed by atoms with Crippen molar-refractivity contribution >= 4 is 39.8 Å². The third-order valence-electron chi connectivity index (χ3n) is 12.1. The fourth-order valence-corrected chi connectivity index (χ4v) is 8.90. The lowest BCUT2D eigenvalue weighted by Crippen LogP contribution is -2.56. The highest BCUT2D eigenvalue weighted by atomic mass is 19.1. The van der Waals surface area contributed by atoms with Gasteiger partial charge in [-0.1, -0.05) is 43.3 Å². The number of rotatable bonds is 10. The molecule has 0 saturated carbocycles. The number of fused-ring (bicyclic) bond motifs is 2. The fraction of sp³-hybridized carbons (Fsp3) is 0.432. The number of anilines is 1. The topological polar surface area (TPSA) is 110 Å². The molecule has 0 bridgehead atoms. The molecular formula is C44H53FN6O4. The van der Waals surface area contributed by atoms with Gasteiger partial charge >= 0.3 is 0 Å². The minimum absolute atomic E-state index is 0.00901. The number of nitrogens with one attached hydrogen (secondary N) is 2. The van der Waals surface area contributed by atoms with Crippen LogP contribution in [0.2, 0.25) is 0 Å². The number of aliphatic hydroxyl groups is 1. The normalized spacial score (nSPS) is 21.0. The smallest absolute Gasteiger partial charge is 0.247 e. The second kappa shape index (κ2) is 16.5. The molecule has 2 fully saturated rings. The number of aromatic nitrogens is 1. The Kier molecular flexibility index (Phi) is 11.5. The summed E-state index contributed by atoms with van der Waals surface area (Å²) in [5.41, 5.74) is 6.32. The van der Waals surface area contributed by atoms with Crippen molar-refractivity contribution in [3.63, 3.8) is 0 Å². The highest BCUT2D eigenvalue weighted by Crippen LogP contribution is 2.41. The molecular weight excluding hydrogens is 696 g/mol. The molecule has 11 heteroatoms. The molecule has 1 spiro atoms. The van der Waals surface area contributed by atoms with Crippen molar-refractivity contribution in [1.82, 2.24) is 25.0 Å². The summed E-state index contributed by atoms with van der Waals surface area (Å²) >= 11 is 0. The van der Waals surface area contributed by atoms with Gasteiger partial charge in [0.2, 0.25) is 11.8 Å². The summed E-state index contributed by atoms with van der Waals surface area (Å²) in [6.07, 6.45) is 8.89. The molecule has 3 N–H and O–H groups in total. The number of benzene rings is 3. The number of hydrogen-bond donors (Lipinski definition) is 3. The molecule has 55 heavy (non-hydrogen) atoms. The molecule has 290 valence electrons. The quantitative estimate of drug-likeness (QED) is 0.193. The number of para-hydroxylation sites is 1. The Balaban J connectivity index is 0.000000170. The number of carbonyl (C=O) groups is 3.